The van der Waals surface area contributed by atoms with Gasteiger partial charge in [0.1, 0.15) is 11.8 Å². The van der Waals surface area contributed by atoms with Gasteiger partial charge in [-0.25, -0.2) is 0 Å². The second-order valence-electron chi connectivity index (χ2n) is 7.38. The Hall–Kier alpha value is -1.86. The van der Waals surface area contributed by atoms with E-state index in [9.17, 15) is 9.59 Å². The van der Waals surface area contributed by atoms with Crippen LogP contribution < -0.4 is 10.6 Å². The lowest BCUT2D eigenvalue weighted by atomic mass is 10.1. The van der Waals surface area contributed by atoms with Crippen LogP contribution >= 0.6 is 0 Å². The molecule has 0 unspecified atom stereocenters. The van der Waals surface area contributed by atoms with Gasteiger partial charge in [0, 0.05) is 44.2 Å². The van der Waals surface area contributed by atoms with Crippen LogP contribution in [0.2, 0.25) is 0 Å². The molecule has 2 N–H and O–H groups in total. The third-order valence-electron chi connectivity index (χ3n) is 5.45. The Morgan fingerprint density at radius 1 is 1.30 bits per heavy atom. The van der Waals surface area contributed by atoms with E-state index in [1.807, 2.05) is 13.0 Å². The lowest BCUT2D eigenvalue weighted by Gasteiger charge is -2.34. The van der Waals surface area contributed by atoms with Gasteiger partial charge in [0.05, 0.1) is 0 Å². The van der Waals surface area contributed by atoms with Crippen molar-refractivity contribution in [3.63, 3.8) is 0 Å². The normalized spacial score (nSPS) is 20.1. The zero-order chi connectivity index (χ0) is 19.4. The highest BCUT2D eigenvalue weighted by molar-refractivity contribution is 5.96. The number of aryl methyl sites for hydroxylation is 1. The van der Waals surface area contributed by atoms with E-state index in [1.54, 1.807) is 4.90 Å². The van der Waals surface area contributed by atoms with Gasteiger partial charge in [0.2, 0.25) is 5.91 Å². The molecule has 27 heavy (non-hydrogen) atoms. The van der Waals surface area contributed by atoms with Crippen molar-refractivity contribution in [1.82, 2.24) is 20.4 Å². The van der Waals surface area contributed by atoms with Crippen LogP contribution in [-0.2, 0) is 17.8 Å². The number of hydrogen-bond acceptors (Lipinski definition) is 5. The molecule has 2 aliphatic rings. The maximum atomic E-state index is 13.1. The molecule has 1 aromatic heterocycles. The van der Waals surface area contributed by atoms with Crippen LogP contribution in [0.4, 0.5) is 0 Å². The van der Waals surface area contributed by atoms with Gasteiger partial charge in [-0.1, -0.05) is 20.8 Å². The quantitative estimate of drug-likeness (QED) is 0.717. The minimum Gasteiger partial charge on any atom is -0.456 e. The number of nitrogens with zero attached hydrogens (tertiary/aromatic N) is 2. The summed E-state index contributed by atoms with van der Waals surface area (Å²) in [5, 5.41) is 6.24. The molecule has 1 saturated carbocycles. The summed E-state index contributed by atoms with van der Waals surface area (Å²) in [5.41, 5.74) is 1.07. The molecule has 150 valence electrons. The Balaban J connectivity index is 1.76. The van der Waals surface area contributed by atoms with E-state index in [0.717, 1.165) is 50.2 Å². The van der Waals surface area contributed by atoms with Gasteiger partial charge < -0.3 is 20.0 Å². The summed E-state index contributed by atoms with van der Waals surface area (Å²) in [5.74, 6) is 0.955. The molecular weight excluding hydrogens is 344 g/mol. The number of rotatable bonds is 8. The molecule has 1 aliphatic heterocycles. The Kier molecular flexibility index (Phi) is 6.55. The molecule has 0 aromatic carbocycles. The zero-order valence-corrected chi connectivity index (χ0v) is 16.7. The molecule has 7 heteroatoms. The Bertz CT molecular complexity index is 664. The molecule has 0 radical (unpaired) electrons. The van der Waals surface area contributed by atoms with E-state index >= 15 is 0 Å². The number of amides is 2. The fourth-order valence-corrected chi connectivity index (χ4v) is 3.54. The number of piperazine rings is 1. The van der Waals surface area contributed by atoms with Crippen molar-refractivity contribution in [2.75, 3.05) is 32.7 Å². The molecular formula is C20H32N4O3. The minimum atomic E-state index is -0.478. The second-order valence-corrected chi connectivity index (χ2v) is 7.38. The fourth-order valence-electron chi connectivity index (χ4n) is 3.54. The molecule has 1 aromatic rings. The average molecular weight is 377 g/mol. The second kappa shape index (κ2) is 8.89. The van der Waals surface area contributed by atoms with Crippen molar-refractivity contribution < 1.29 is 14.0 Å². The van der Waals surface area contributed by atoms with E-state index < -0.39 is 6.04 Å². The van der Waals surface area contributed by atoms with Crippen molar-refractivity contribution >= 4 is 11.8 Å². The Morgan fingerprint density at radius 3 is 2.67 bits per heavy atom. The predicted octanol–water partition coefficient (Wildman–Crippen LogP) is 1.38. The van der Waals surface area contributed by atoms with Gasteiger partial charge in [-0.05, 0) is 32.0 Å². The molecule has 2 heterocycles. The lowest BCUT2D eigenvalue weighted by molar-refractivity contribution is -0.126. The standard InChI is InChI=1S/C20H32N4O3/c1-4-17-14(13-23(5-2)6-3)11-18(27-17)20(26)24-10-9-21-12-16(24)19(25)22-15-7-8-15/h11,15-16,21H,4-10,12-13H2,1-3H3,(H,22,25)/t16-/m0/s1. The van der Waals surface area contributed by atoms with Crippen LogP contribution in [-0.4, -0.2) is 66.4 Å². The summed E-state index contributed by atoms with van der Waals surface area (Å²) in [7, 11) is 0. The average Bonchev–Trinajstić information content (AvgIpc) is 3.42. The summed E-state index contributed by atoms with van der Waals surface area (Å²) < 4.78 is 5.92. The van der Waals surface area contributed by atoms with E-state index in [0.29, 0.717) is 25.4 Å². The summed E-state index contributed by atoms with van der Waals surface area (Å²) >= 11 is 0. The molecule has 1 atom stereocenters. The van der Waals surface area contributed by atoms with Crippen LogP contribution in [0.5, 0.6) is 0 Å². The van der Waals surface area contributed by atoms with Crippen molar-refractivity contribution in [1.29, 1.82) is 0 Å². The van der Waals surface area contributed by atoms with Gasteiger partial charge in [-0.3, -0.25) is 14.5 Å². The first-order chi connectivity index (χ1) is 13.1. The molecule has 2 fully saturated rings. The topological polar surface area (TPSA) is 77.8 Å². The van der Waals surface area contributed by atoms with Crippen molar-refractivity contribution in [2.45, 2.75) is 58.7 Å². The highest BCUT2D eigenvalue weighted by Gasteiger charge is 2.36. The van der Waals surface area contributed by atoms with E-state index in [-0.39, 0.29) is 17.9 Å². The van der Waals surface area contributed by atoms with Crippen molar-refractivity contribution in [3.8, 4) is 0 Å². The van der Waals surface area contributed by atoms with Gasteiger partial charge >= 0.3 is 0 Å². The van der Waals surface area contributed by atoms with Crippen LogP contribution in [0, 0.1) is 0 Å². The van der Waals surface area contributed by atoms with Crippen LogP contribution in [0.25, 0.3) is 0 Å². The van der Waals surface area contributed by atoms with Crippen LogP contribution in [0.1, 0.15) is 55.5 Å². The van der Waals surface area contributed by atoms with Gasteiger partial charge in [-0.15, -0.1) is 0 Å². The third kappa shape index (κ3) is 4.71. The van der Waals surface area contributed by atoms with Crippen LogP contribution in [0.3, 0.4) is 0 Å². The molecule has 0 bridgehead atoms. The van der Waals surface area contributed by atoms with E-state index in [1.165, 1.54) is 0 Å². The van der Waals surface area contributed by atoms with Gasteiger partial charge in [0.25, 0.3) is 5.91 Å². The van der Waals surface area contributed by atoms with Crippen molar-refractivity contribution in [3.05, 3.63) is 23.2 Å². The monoisotopic (exact) mass is 376 g/mol. The molecule has 1 saturated heterocycles. The summed E-state index contributed by atoms with van der Waals surface area (Å²) in [4.78, 5) is 29.7. The van der Waals surface area contributed by atoms with Gasteiger partial charge in [0.15, 0.2) is 5.76 Å². The molecule has 1 aliphatic carbocycles. The number of carbonyl (C=O) groups is 2. The minimum absolute atomic E-state index is 0.0660. The van der Waals surface area contributed by atoms with Crippen LogP contribution in [0.15, 0.2) is 10.5 Å². The highest BCUT2D eigenvalue weighted by Crippen LogP contribution is 2.22. The Morgan fingerprint density at radius 2 is 2.04 bits per heavy atom. The molecule has 3 rings (SSSR count). The fraction of sp³-hybridized carbons (Fsp3) is 0.700. The summed E-state index contributed by atoms with van der Waals surface area (Å²) in [6.07, 6.45) is 2.82. The molecule has 0 spiro atoms. The van der Waals surface area contributed by atoms with E-state index in [4.69, 9.17) is 4.42 Å². The Labute approximate surface area is 161 Å². The lowest BCUT2D eigenvalue weighted by Crippen LogP contribution is -2.59. The van der Waals surface area contributed by atoms with Crippen molar-refractivity contribution in [2.24, 2.45) is 0 Å². The van der Waals surface area contributed by atoms with E-state index in [2.05, 4.69) is 29.4 Å². The molecule has 2 amide bonds. The summed E-state index contributed by atoms with van der Waals surface area (Å²) in [6, 6.07) is 1.68. The number of furan rings is 1. The number of carbonyl (C=O) groups excluding carboxylic acids is 2. The predicted molar refractivity (Wildman–Crippen MR) is 104 cm³/mol. The zero-order valence-electron chi connectivity index (χ0n) is 16.7. The third-order valence-corrected chi connectivity index (χ3v) is 5.45. The SMILES string of the molecule is CCc1oc(C(=O)N2CCNC[C@H]2C(=O)NC2CC2)cc1CN(CC)CC. The first-order valence-corrected chi connectivity index (χ1v) is 10.2. The highest BCUT2D eigenvalue weighted by atomic mass is 16.4. The maximum Gasteiger partial charge on any atom is 0.290 e. The molecule has 7 nitrogen and oxygen atoms in total. The maximum absolute atomic E-state index is 13.1. The summed E-state index contributed by atoms with van der Waals surface area (Å²) in [6.45, 7) is 10.7. The first kappa shape index (κ1) is 19.9. The first-order valence-electron chi connectivity index (χ1n) is 10.2. The largest absolute Gasteiger partial charge is 0.456 e. The number of hydrogen-bond donors (Lipinski definition) is 2. The van der Waals surface area contributed by atoms with Gasteiger partial charge in [-0.2, -0.15) is 0 Å². The number of nitrogens with one attached hydrogen (secondary N) is 2. The smallest absolute Gasteiger partial charge is 0.290 e.